The predicted octanol–water partition coefficient (Wildman–Crippen LogP) is 1.57. The maximum absolute atomic E-state index is 11.8. The summed E-state index contributed by atoms with van der Waals surface area (Å²) in [5.74, 6) is -0.242. The molecule has 0 saturated heterocycles. The van der Waals surface area contributed by atoms with E-state index in [1.54, 1.807) is 12.1 Å². The summed E-state index contributed by atoms with van der Waals surface area (Å²) in [6.45, 7) is 0.286. The molecule has 1 saturated carbocycles. The van der Waals surface area contributed by atoms with Crippen LogP contribution in [0.5, 0.6) is 0 Å². The molecular formula is C12H15ClN2O2. The predicted molar refractivity (Wildman–Crippen MR) is 67.0 cm³/mol. The van der Waals surface area contributed by atoms with Gasteiger partial charge >= 0.3 is 0 Å². The number of anilines is 1. The average molecular weight is 255 g/mol. The van der Waals surface area contributed by atoms with Crippen molar-refractivity contribution in [3.63, 3.8) is 0 Å². The van der Waals surface area contributed by atoms with Gasteiger partial charge in [-0.25, -0.2) is 0 Å². The number of rotatable bonds is 3. The van der Waals surface area contributed by atoms with Gasteiger partial charge in [0.1, 0.15) is 0 Å². The SMILES string of the molecule is Nc1cc(C(=O)NCC2(O)CCC2)ccc1Cl. The largest absolute Gasteiger partial charge is 0.398 e. The molecule has 17 heavy (non-hydrogen) atoms. The van der Waals surface area contributed by atoms with E-state index in [-0.39, 0.29) is 12.5 Å². The summed E-state index contributed by atoms with van der Waals surface area (Å²) < 4.78 is 0. The molecule has 1 aliphatic carbocycles. The molecule has 0 heterocycles. The number of nitrogens with two attached hydrogens (primary N) is 1. The summed E-state index contributed by atoms with van der Waals surface area (Å²) >= 11 is 5.77. The number of nitrogens with one attached hydrogen (secondary N) is 1. The summed E-state index contributed by atoms with van der Waals surface area (Å²) in [5, 5.41) is 13.0. The smallest absolute Gasteiger partial charge is 0.251 e. The lowest BCUT2D eigenvalue weighted by molar-refractivity contribution is -0.0300. The van der Waals surface area contributed by atoms with Crippen molar-refractivity contribution in [2.45, 2.75) is 24.9 Å². The van der Waals surface area contributed by atoms with Crippen LogP contribution in [-0.4, -0.2) is 23.2 Å². The van der Waals surface area contributed by atoms with Crippen LogP contribution < -0.4 is 11.1 Å². The molecule has 1 aromatic rings. The van der Waals surface area contributed by atoms with Crippen LogP contribution in [0.15, 0.2) is 18.2 Å². The minimum absolute atomic E-state index is 0.242. The lowest BCUT2D eigenvalue weighted by atomic mass is 9.80. The number of benzene rings is 1. The van der Waals surface area contributed by atoms with Crippen LogP contribution in [0.1, 0.15) is 29.6 Å². The highest BCUT2D eigenvalue weighted by atomic mass is 35.5. The second-order valence-electron chi connectivity index (χ2n) is 4.50. The molecule has 1 aromatic carbocycles. The van der Waals surface area contributed by atoms with E-state index in [1.807, 2.05) is 0 Å². The Balaban J connectivity index is 1.97. The van der Waals surface area contributed by atoms with Gasteiger partial charge in [-0.1, -0.05) is 11.6 Å². The molecule has 0 spiro atoms. The lowest BCUT2D eigenvalue weighted by Gasteiger charge is -2.36. The summed E-state index contributed by atoms with van der Waals surface area (Å²) in [6.07, 6.45) is 2.51. The number of carbonyl (C=O) groups excluding carboxylic acids is 1. The average Bonchev–Trinajstić information content (AvgIpc) is 2.27. The Kier molecular flexibility index (Phi) is 3.26. The molecule has 0 atom stereocenters. The molecule has 0 unspecified atom stereocenters. The molecule has 1 fully saturated rings. The minimum atomic E-state index is -0.715. The van der Waals surface area contributed by atoms with E-state index in [9.17, 15) is 9.90 Å². The fourth-order valence-electron chi connectivity index (χ4n) is 1.79. The zero-order chi connectivity index (χ0) is 12.5. The molecule has 0 bridgehead atoms. The number of carbonyl (C=O) groups is 1. The van der Waals surface area contributed by atoms with Crippen LogP contribution in [0.4, 0.5) is 5.69 Å². The van der Waals surface area contributed by atoms with Crippen molar-refractivity contribution in [3.8, 4) is 0 Å². The van der Waals surface area contributed by atoms with Crippen LogP contribution in [0.3, 0.4) is 0 Å². The molecule has 0 aliphatic heterocycles. The van der Waals surface area contributed by atoms with Gasteiger partial charge in [-0.2, -0.15) is 0 Å². The molecular weight excluding hydrogens is 240 g/mol. The third-order valence-electron chi connectivity index (χ3n) is 3.12. The summed E-state index contributed by atoms with van der Waals surface area (Å²) in [4.78, 5) is 11.8. The van der Waals surface area contributed by atoms with Crippen molar-refractivity contribution >= 4 is 23.2 Å². The minimum Gasteiger partial charge on any atom is -0.398 e. The van der Waals surface area contributed by atoms with E-state index >= 15 is 0 Å². The second-order valence-corrected chi connectivity index (χ2v) is 4.90. The molecule has 2 rings (SSSR count). The Morgan fingerprint density at radius 3 is 2.76 bits per heavy atom. The number of nitrogen functional groups attached to an aromatic ring is 1. The molecule has 1 amide bonds. The second kappa shape index (κ2) is 4.55. The Labute approximate surface area is 105 Å². The van der Waals surface area contributed by atoms with Crippen molar-refractivity contribution in [2.24, 2.45) is 0 Å². The van der Waals surface area contributed by atoms with Crippen LogP contribution in [0.25, 0.3) is 0 Å². The summed E-state index contributed by atoms with van der Waals surface area (Å²) in [6, 6.07) is 4.73. The highest BCUT2D eigenvalue weighted by Crippen LogP contribution is 2.30. The van der Waals surface area contributed by atoms with Crippen molar-refractivity contribution in [1.82, 2.24) is 5.32 Å². The van der Waals surface area contributed by atoms with Crippen LogP contribution >= 0.6 is 11.6 Å². The number of amides is 1. The van der Waals surface area contributed by atoms with Crippen molar-refractivity contribution in [2.75, 3.05) is 12.3 Å². The monoisotopic (exact) mass is 254 g/mol. The number of hydrogen-bond acceptors (Lipinski definition) is 3. The van der Waals surface area contributed by atoms with Crippen molar-refractivity contribution in [3.05, 3.63) is 28.8 Å². The maximum Gasteiger partial charge on any atom is 0.251 e. The van der Waals surface area contributed by atoms with Gasteiger partial charge in [0.05, 0.1) is 16.3 Å². The summed E-state index contributed by atoms with van der Waals surface area (Å²) in [5.41, 5.74) is 5.73. The fourth-order valence-corrected chi connectivity index (χ4v) is 1.91. The highest BCUT2D eigenvalue weighted by molar-refractivity contribution is 6.33. The van der Waals surface area contributed by atoms with Gasteiger partial charge < -0.3 is 16.2 Å². The van der Waals surface area contributed by atoms with Gasteiger partial charge in [0.2, 0.25) is 0 Å². The Bertz CT molecular complexity index is 444. The lowest BCUT2D eigenvalue weighted by Crippen LogP contribution is -2.47. The maximum atomic E-state index is 11.8. The molecule has 1 aliphatic rings. The van der Waals surface area contributed by atoms with Gasteiger partial charge in [0.25, 0.3) is 5.91 Å². The molecule has 92 valence electrons. The number of hydrogen-bond donors (Lipinski definition) is 3. The highest BCUT2D eigenvalue weighted by Gasteiger charge is 2.34. The Morgan fingerprint density at radius 2 is 2.24 bits per heavy atom. The van der Waals surface area contributed by atoms with Gasteiger partial charge in [-0.05, 0) is 37.5 Å². The third-order valence-corrected chi connectivity index (χ3v) is 3.46. The van der Waals surface area contributed by atoms with Gasteiger partial charge in [-0.3, -0.25) is 4.79 Å². The quantitative estimate of drug-likeness (QED) is 0.717. The van der Waals surface area contributed by atoms with E-state index < -0.39 is 5.60 Å². The Hall–Kier alpha value is -1.26. The summed E-state index contributed by atoms with van der Waals surface area (Å²) in [7, 11) is 0. The van der Waals surface area contributed by atoms with E-state index in [0.29, 0.717) is 16.3 Å². The Morgan fingerprint density at radius 1 is 1.53 bits per heavy atom. The standard InChI is InChI=1S/C12H15ClN2O2/c13-9-3-2-8(6-10(9)14)11(16)15-7-12(17)4-1-5-12/h2-3,6,17H,1,4-5,7,14H2,(H,15,16). The van der Waals surface area contributed by atoms with E-state index in [0.717, 1.165) is 19.3 Å². The van der Waals surface area contributed by atoms with E-state index in [4.69, 9.17) is 17.3 Å². The molecule has 5 heteroatoms. The fraction of sp³-hybridized carbons (Fsp3) is 0.417. The van der Waals surface area contributed by atoms with Crippen LogP contribution in [-0.2, 0) is 0 Å². The molecule has 0 aromatic heterocycles. The van der Waals surface area contributed by atoms with Gasteiger partial charge in [0, 0.05) is 12.1 Å². The van der Waals surface area contributed by atoms with Gasteiger partial charge in [-0.15, -0.1) is 0 Å². The first-order valence-corrected chi connectivity index (χ1v) is 5.94. The first-order valence-electron chi connectivity index (χ1n) is 5.56. The van der Waals surface area contributed by atoms with E-state index in [1.165, 1.54) is 6.07 Å². The van der Waals surface area contributed by atoms with Crippen LogP contribution in [0.2, 0.25) is 5.02 Å². The molecule has 4 N–H and O–H groups in total. The normalized spacial score (nSPS) is 17.3. The zero-order valence-electron chi connectivity index (χ0n) is 9.37. The topological polar surface area (TPSA) is 75.4 Å². The molecule has 4 nitrogen and oxygen atoms in total. The van der Waals surface area contributed by atoms with Crippen molar-refractivity contribution in [1.29, 1.82) is 0 Å². The number of aliphatic hydroxyl groups is 1. The van der Waals surface area contributed by atoms with Gasteiger partial charge in [0.15, 0.2) is 0 Å². The first kappa shape index (κ1) is 12.2. The number of halogens is 1. The van der Waals surface area contributed by atoms with Crippen LogP contribution in [0, 0.1) is 0 Å². The molecule has 0 radical (unpaired) electrons. The first-order chi connectivity index (χ1) is 8.00. The van der Waals surface area contributed by atoms with E-state index in [2.05, 4.69) is 5.32 Å². The zero-order valence-corrected chi connectivity index (χ0v) is 10.1. The third kappa shape index (κ3) is 2.70. The van der Waals surface area contributed by atoms with Crippen molar-refractivity contribution < 1.29 is 9.90 Å².